The summed E-state index contributed by atoms with van der Waals surface area (Å²) in [6.07, 6.45) is 6.83. The molecule has 0 amide bonds. The minimum Gasteiger partial charge on any atom is -0.465 e. The van der Waals surface area contributed by atoms with E-state index in [0.29, 0.717) is 5.92 Å². The fourth-order valence-electron chi connectivity index (χ4n) is 3.58. The van der Waals surface area contributed by atoms with Gasteiger partial charge in [-0.25, -0.2) is 0 Å². The van der Waals surface area contributed by atoms with E-state index in [9.17, 15) is 0 Å². The van der Waals surface area contributed by atoms with E-state index in [2.05, 4.69) is 72.7 Å². The molecule has 158 valence electrons. The van der Waals surface area contributed by atoms with Crippen LogP contribution < -0.4 is 4.74 Å². The monoisotopic (exact) mass is 378 g/mol. The SMILES string of the molecule is CC.CCCC(C)(CC)CC(Oc1ccc(C(CC)CC)cc1)OC(C)C. The van der Waals surface area contributed by atoms with Crippen molar-refractivity contribution in [1.29, 1.82) is 0 Å². The second kappa shape index (κ2) is 14.0. The summed E-state index contributed by atoms with van der Waals surface area (Å²) < 4.78 is 12.3. The van der Waals surface area contributed by atoms with E-state index in [1.807, 2.05) is 13.8 Å². The molecule has 0 aliphatic carbocycles. The quantitative estimate of drug-likeness (QED) is 0.340. The Morgan fingerprint density at radius 2 is 1.48 bits per heavy atom. The smallest absolute Gasteiger partial charge is 0.200 e. The predicted molar refractivity (Wildman–Crippen MR) is 120 cm³/mol. The molecule has 2 atom stereocenters. The number of rotatable bonds is 12. The Bertz CT molecular complexity index is 462. The molecule has 1 aromatic carbocycles. The zero-order chi connectivity index (χ0) is 20.9. The van der Waals surface area contributed by atoms with Gasteiger partial charge in [0.25, 0.3) is 0 Å². The maximum absolute atomic E-state index is 6.25. The molecule has 0 aromatic heterocycles. The first-order valence-corrected chi connectivity index (χ1v) is 11.3. The third kappa shape index (κ3) is 9.65. The Balaban J connectivity index is 0.00000326. The summed E-state index contributed by atoms with van der Waals surface area (Å²) in [6, 6.07) is 8.63. The van der Waals surface area contributed by atoms with Gasteiger partial charge in [0, 0.05) is 6.42 Å². The molecule has 0 saturated carbocycles. The zero-order valence-corrected chi connectivity index (χ0v) is 19.6. The van der Waals surface area contributed by atoms with Crippen LogP contribution in [0.15, 0.2) is 24.3 Å². The van der Waals surface area contributed by atoms with E-state index in [1.54, 1.807) is 0 Å². The minimum absolute atomic E-state index is 0.163. The van der Waals surface area contributed by atoms with Crippen LogP contribution >= 0.6 is 0 Å². The Morgan fingerprint density at radius 1 is 0.926 bits per heavy atom. The van der Waals surface area contributed by atoms with Gasteiger partial charge in [0.05, 0.1) is 6.10 Å². The molecule has 1 rings (SSSR count). The van der Waals surface area contributed by atoms with E-state index < -0.39 is 0 Å². The molecule has 0 spiro atoms. The molecule has 0 N–H and O–H groups in total. The summed E-state index contributed by atoms with van der Waals surface area (Å²) >= 11 is 0. The normalized spacial score (nSPS) is 14.5. The summed E-state index contributed by atoms with van der Waals surface area (Å²) in [7, 11) is 0. The van der Waals surface area contributed by atoms with Gasteiger partial charge < -0.3 is 9.47 Å². The van der Waals surface area contributed by atoms with Crippen LogP contribution in [-0.2, 0) is 4.74 Å². The zero-order valence-electron chi connectivity index (χ0n) is 19.6. The highest BCUT2D eigenvalue weighted by molar-refractivity contribution is 5.29. The molecule has 0 aliphatic heterocycles. The average molecular weight is 379 g/mol. The first kappa shape index (κ1) is 26.0. The van der Waals surface area contributed by atoms with Crippen molar-refractivity contribution in [3.8, 4) is 5.75 Å². The Morgan fingerprint density at radius 3 is 1.89 bits per heavy atom. The molecular weight excluding hydrogens is 332 g/mol. The number of benzene rings is 1. The van der Waals surface area contributed by atoms with Gasteiger partial charge in [-0.15, -0.1) is 0 Å². The van der Waals surface area contributed by atoms with Crippen molar-refractivity contribution < 1.29 is 9.47 Å². The van der Waals surface area contributed by atoms with Crippen LogP contribution in [0.1, 0.15) is 112 Å². The van der Waals surface area contributed by atoms with Crippen LogP contribution in [0.3, 0.4) is 0 Å². The van der Waals surface area contributed by atoms with E-state index in [4.69, 9.17) is 9.47 Å². The first-order chi connectivity index (χ1) is 12.9. The minimum atomic E-state index is -0.185. The number of hydrogen-bond donors (Lipinski definition) is 0. The Kier molecular flexibility index (Phi) is 13.5. The van der Waals surface area contributed by atoms with Crippen molar-refractivity contribution in [3.63, 3.8) is 0 Å². The van der Waals surface area contributed by atoms with E-state index in [1.165, 1.54) is 31.2 Å². The summed E-state index contributed by atoms with van der Waals surface area (Å²) in [5.41, 5.74) is 1.67. The maximum atomic E-state index is 6.25. The lowest BCUT2D eigenvalue weighted by molar-refractivity contribution is -0.129. The lowest BCUT2D eigenvalue weighted by Gasteiger charge is -2.33. The third-order valence-corrected chi connectivity index (χ3v) is 5.40. The van der Waals surface area contributed by atoms with Crippen molar-refractivity contribution in [2.75, 3.05) is 0 Å². The summed E-state index contributed by atoms with van der Waals surface area (Å²) in [4.78, 5) is 0. The fraction of sp³-hybridized carbons (Fsp3) is 0.760. The molecule has 2 heteroatoms. The van der Waals surface area contributed by atoms with Gasteiger partial charge in [0.15, 0.2) is 0 Å². The van der Waals surface area contributed by atoms with Crippen molar-refractivity contribution in [2.45, 2.75) is 119 Å². The van der Waals surface area contributed by atoms with E-state index in [0.717, 1.165) is 18.6 Å². The van der Waals surface area contributed by atoms with Gasteiger partial charge >= 0.3 is 0 Å². The molecule has 0 heterocycles. The lowest BCUT2D eigenvalue weighted by atomic mass is 9.79. The highest BCUT2D eigenvalue weighted by Gasteiger charge is 2.28. The third-order valence-electron chi connectivity index (χ3n) is 5.40. The topological polar surface area (TPSA) is 18.5 Å². The average Bonchev–Trinajstić information content (AvgIpc) is 2.65. The molecule has 0 saturated heterocycles. The van der Waals surface area contributed by atoms with Crippen molar-refractivity contribution in [1.82, 2.24) is 0 Å². The van der Waals surface area contributed by atoms with E-state index >= 15 is 0 Å². The highest BCUT2D eigenvalue weighted by Crippen LogP contribution is 2.35. The Hall–Kier alpha value is -1.02. The van der Waals surface area contributed by atoms with Crippen LogP contribution in [0.4, 0.5) is 0 Å². The van der Waals surface area contributed by atoms with Gasteiger partial charge in [-0.2, -0.15) is 0 Å². The van der Waals surface area contributed by atoms with Gasteiger partial charge in [0.2, 0.25) is 6.29 Å². The van der Waals surface area contributed by atoms with Gasteiger partial charge in [0.1, 0.15) is 5.75 Å². The summed E-state index contributed by atoms with van der Waals surface area (Å²) in [6.45, 7) is 19.5. The summed E-state index contributed by atoms with van der Waals surface area (Å²) in [5, 5.41) is 0. The molecule has 0 aliphatic rings. The van der Waals surface area contributed by atoms with Crippen molar-refractivity contribution >= 4 is 0 Å². The van der Waals surface area contributed by atoms with Gasteiger partial charge in [-0.05, 0) is 62.1 Å². The second-order valence-corrected chi connectivity index (χ2v) is 7.93. The number of hydrogen-bond acceptors (Lipinski definition) is 2. The predicted octanol–water partition coefficient (Wildman–Crippen LogP) is 8.35. The molecule has 0 radical (unpaired) electrons. The molecule has 0 fully saturated rings. The van der Waals surface area contributed by atoms with Gasteiger partial charge in [-0.1, -0.05) is 73.4 Å². The standard InChI is InChI=1S/C23H40O2.C2H6/c1-8-16-23(7,11-4)17-22(24-18(5)6)25-21-14-12-20(13-15-21)19(9-2)10-3;1-2/h12-15,18-19,22H,8-11,16-17H2,1-7H3;1-2H3. The lowest BCUT2D eigenvalue weighted by Crippen LogP contribution is -2.31. The Labute approximate surface area is 170 Å². The van der Waals surface area contributed by atoms with Crippen molar-refractivity contribution in [3.05, 3.63) is 29.8 Å². The first-order valence-electron chi connectivity index (χ1n) is 11.3. The molecule has 1 aromatic rings. The van der Waals surface area contributed by atoms with Gasteiger partial charge in [-0.3, -0.25) is 0 Å². The largest absolute Gasteiger partial charge is 0.465 e. The highest BCUT2D eigenvalue weighted by atomic mass is 16.7. The fourth-order valence-corrected chi connectivity index (χ4v) is 3.58. The molecule has 0 bridgehead atoms. The molecular formula is C25H46O2. The maximum Gasteiger partial charge on any atom is 0.200 e. The van der Waals surface area contributed by atoms with Crippen LogP contribution in [0, 0.1) is 5.41 Å². The second-order valence-electron chi connectivity index (χ2n) is 7.93. The molecule has 27 heavy (non-hydrogen) atoms. The van der Waals surface area contributed by atoms with Crippen molar-refractivity contribution in [2.24, 2.45) is 5.41 Å². The van der Waals surface area contributed by atoms with Crippen LogP contribution in [0.2, 0.25) is 0 Å². The molecule has 2 nitrogen and oxygen atoms in total. The number of ether oxygens (including phenoxy) is 2. The van der Waals surface area contributed by atoms with E-state index in [-0.39, 0.29) is 17.8 Å². The van der Waals surface area contributed by atoms with Crippen LogP contribution in [-0.4, -0.2) is 12.4 Å². The van der Waals surface area contributed by atoms with Crippen LogP contribution in [0.5, 0.6) is 5.75 Å². The summed E-state index contributed by atoms with van der Waals surface area (Å²) in [5.74, 6) is 1.56. The molecule has 2 unspecified atom stereocenters. The van der Waals surface area contributed by atoms with Crippen LogP contribution in [0.25, 0.3) is 0 Å².